The van der Waals surface area contributed by atoms with E-state index in [2.05, 4.69) is 47.3 Å². The number of fused-ring (bicyclic) bond motifs is 1. The zero-order valence-corrected chi connectivity index (χ0v) is 18.3. The van der Waals surface area contributed by atoms with Crippen molar-refractivity contribution in [2.45, 2.75) is 25.9 Å². The maximum absolute atomic E-state index is 12.4. The van der Waals surface area contributed by atoms with Crippen molar-refractivity contribution < 1.29 is 22.6 Å². The van der Waals surface area contributed by atoms with Crippen LogP contribution in [-0.2, 0) is 6.54 Å². The Labute approximate surface area is 190 Å². The average Bonchev–Trinajstić information content (AvgIpc) is 2.81. The second kappa shape index (κ2) is 9.55. The number of ether oxygens (including phenoxy) is 2. The minimum Gasteiger partial charge on any atom is -0.496 e. The summed E-state index contributed by atoms with van der Waals surface area (Å²) in [6.45, 7) is 2.75. The molecule has 3 nitrogen and oxygen atoms in total. The maximum atomic E-state index is 12.4. The topological polar surface area (TPSA) is 30.5 Å². The second-order valence-corrected chi connectivity index (χ2v) is 7.78. The predicted octanol–water partition coefficient (Wildman–Crippen LogP) is 7.26. The van der Waals surface area contributed by atoms with E-state index in [1.165, 1.54) is 28.5 Å². The van der Waals surface area contributed by atoms with Gasteiger partial charge in [-0.15, -0.1) is 13.2 Å². The number of nitrogens with one attached hydrogen (secondary N) is 1. The standard InChI is InChI=1S/C27H24F3NO2/c1-18(23-9-5-7-20-6-3-4-8-24(20)23)31-17-19-10-15-26(32-2)25(16-19)21-11-13-22(14-12-21)33-27(28,29)30/h3-16,18,31H,17H2,1-2H3/t18-/m1/s1. The third-order valence-electron chi connectivity index (χ3n) is 5.57. The molecular formula is C27H24F3NO2. The molecule has 0 radical (unpaired) electrons. The molecule has 0 bridgehead atoms. The Balaban J connectivity index is 1.53. The van der Waals surface area contributed by atoms with E-state index in [4.69, 9.17) is 4.74 Å². The van der Waals surface area contributed by atoms with Crippen LogP contribution in [-0.4, -0.2) is 13.5 Å². The molecule has 0 amide bonds. The number of methoxy groups -OCH3 is 1. The van der Waals surface area contributed by atoms with Crippen LogP contribution in [0.3, 0.4) is 0 Å². The van der Waals surface area contributed by atoms with Crippen molar-refractivity contribution in [3.8, 4) is 22.6 Å². The van der Waals surface area contributed by atoms with Gasteiger partial charge in [-0.1, -0.05) is 60.7 Å². The van der Waals surface area contributed by atoms with Crippen molar-refractivity contribution in [1.82, 2.24) is 5.32 Å². The number of benzene rings is 4. The zero-order valence-electron chi connectivity index (χ0n) is 18.3. The van der Waals surface area contributed by atoms with E-state index in [-0.39, 0.29) is 11.8 Å². The van der Waals surface area contributed by atoms with Crippen LogP contribution in [0, 0.1) is 0 Å². The van der Waals surface area contributed by atoms with E-state index in [9.17, 15) is 13.2 Å². The van der Waals surface area contributed by atoms with Crippen molar-refractivity contribution in [2.24, 2.45) is 0 Å². The number of rotatable bonds is 7. The molecule has 0 saturated heterocycles. The Hall–Kier alpha value is -3.51. The van der Waals surface area contributed by atoms with Gasteiger partial charge in [0.25, 0.3) is 0 Å². The van der Waals surface area contributed by atoms with Crippen LogP contribution in [0.2, 0.25) is 0 Å². The van der Waals surface area contributed by atoms with Gasteiger partial charge in [-0.3, -0.25) is 0 Å². The molecule has 0 saturated carbocycles. The highest BCUT2D eigenvalue weighted by atomic mass is 19.4. The molecule has 0 aliphatic heterocycles. The zero-order chi connectivity index (χ0) is 23.4. The molecule has 0 aliphatic rings. The highest BCUT2D eigenvalue weighted by Crippen LogP contribution is 2.33. The van der Waals surface area contributed by atoms with E-state index in [1.807, 2.05) is 30.3 Å². The molecule has 0 aromatic heterocycles. The first-order chi connectivity index (χ1) is 15.8. The van der Waals surface area contributed by atoms with Gasteiger partial charge in [0, 0.05) is 18.2 Å². The summed E-state index contributed by atoms with van der Waals surface area (Å²) >= 11 is 0. The van der Waals surface area contributed by atoms with Gasteiger partial charge in [0.2, 0.25) is 0 Å². The second-order valence-electron chi connectivity index (χ2n) is 7.78. The molecule has 0 heterocycles. The van der Waals surface area contributed by atoms with Gasteiger partial charge >= 0.3 is 6.36 Å². The summed E-state index contributed by atoms with van der Waals surface area (Å²) in [4.78, 5) is 0. The van der Waals surface area contributed by atoms with Crippen LogP contribution in [0.15, 0.2) is 84.9 Å². The molecule has 0 aliphatic carbocycles. The molecule has 1 atom stereocenters. The Morgan fingerprint density at radius 1 is 0.879 bits per heavy atom. The molecule has 4 rings (SSSR count). The van der Waals surface area contributed by atoms with E-state index in [0.717, 1.165) is 16.7 Å². The fourth-order valence-corrected chi connectivity index (χ4v) is 3.94. The molecule has 4 aromatic rings. The third kappa shape index (κ3) is 5.46. The molecular weight excluding hydrogens is 427 g/mol. The normalized spacial score (nSPS) is 12.5. The number of hydrogen-bond donors (Lipinski definition) is 1. The van der Waals surface area contributed by atoms with Gasteiger partial charge in [0.15, 0.2) is 0 Å². The largest absolute Gasteiger partial charge is 0.573 e. The third-order valence-corrected chi connectivity index (χ3v) is 5.57. The number of alkyl halides is 3. The van der Waals surface area contributed by atoms with Crippen LogP contribution in [0.4, 0.5) is 13.2 Å². The van der Waals surface area contributed by atoms with Crippen LogP contribution in [0.1, 0.15) is 24.1 Å². The molecule has 0 spiro atoms. The smallest absolute Gasteiger partial charge is 0.496 e. The van der Waals surface area contributed by atoms with Crippen molar-refractivity contribution in [2.75, 3.05) is 7.11 Å². The predicted molar refractivity (Wildman–Crippen MR) is 124 cm³/mol. The lowest BCUT2D eigenvalue weighted by molar-refractivity contribution is -0.274. The monoisotopic (exact) mass is 451 g/mol. The van der Waals surface area contributed by atoms with E-state index >= 15 is 0 Å². The summed E-state index contributed by atoms with van der Waals surface area (Å²) in [5, 5.41) is 5.99. The first-order valence-corrected chi connectivity index (χ1v) is 10.6. The molecule has 0 unspecified atom stereocenters. The van der Waals surface area contributed by atoms with Crippen LogP contribution >= 0.6 is 0 Å². The molecule has 4 aromatic carbocycles. The van der Waals surface area contributed by atoms with Crippen LogP contribution in [0.25, 0.3) is 21.9 Å². The molecule has 33 heavy (non-hydrogen) atoms. The van der Waals surface area contributed by atoms with Crippen molar-refractivity contribution in [1.29, 1.82) is 0 Å². The van der Waals surface area contributed by atoms with Crippen molar-refractivity contribution >= 4 is 10.8 Å². The molecule has 0 fully saturated rings. The molecule has 1 N–H and O–H groups in total. The van der Waals surface area contributed by atoms with Crippen LogP contribution < -0.4 is 14.8 Å². The minimum absolute atomic E-state index is 0.125. The Morgan fingerprint density at radius 2 is 1.61 bits per heavy atom. The highest BCUT2D eigenvalue weighted by Gasteiger charge is 2.31. The van der Waals surface area contributed by atoms with E-state index < -0.39 is 6.36 Å². The van der Waals surface area contributed by atoms with Gasteiger partial charge in [-0.2, -0.15) is 0 Å². The van der Waals surface area contributed by atoms with Gasteiger partial charge in [-0.05, 0) is 58.7 Å². The van der Waals surface area contributed by atoms with E-state index in [0.29, 0.717) is 12.3 Å². The number of hydrogen-bond acceptors (Lipinski definition) is 3. The molecule has 170 valence electrons. The fraction of sp³-hybridized carbons (Fsp3) is 0.185. The Morgan fingerprint density at radius 3 is 2.33 bits per heavy atom. The lowest BCUT2D eigenvalue weighted by Crippen LogP contribution is -2.18. The quantitative estimate of drug-likeness (QED) is 0.321. The summed E-state index contributed by atoms with van der Waals surface area (Å²) < 4.78 is 46.8. The van der Waals surface area contributed by atoms with Crippen molar-refractivity contribution in [3.05, 3.63) is 96.1 Å². The summed E-state index contributed by atoms with van der Waals surface area (Å²) in [5.41, 5.74) is 3.80. The van der Waals surface area contributed by atoms with Gasteiger partial charge in [-0.25, -0.2) is 0 Å². The number of halogens is 3. The summed E-state index contributed by atoms with van der Waals surface area (Å²) in [6.07, 6.45) is -4.72. The first kappa shape index (κ1) is 22.7. The van der Waals surface area contributed by atoms with Crippen molar-refractivity contribution in [3.63, 3.8) is 0 Å². The first-order valence-electron chi connectivity index (χ1n) is 10.6. The van der Waals surface area contributed by atoms with Crippen LogP contribution in [0.5, 0.6) is 11.5 Å². The van der Waals surface area contributed by atoms with Gasteiger partial charge in [0.1, 0.15) is 11.5 Å². The summed E-state index contributed by atoms with van der Waals surface area (Å²) in [6, 6.07) is 26.3. The lowest BCUT2D eigenvalue weighted by Gasteiger charge is -2.18. The Kier molecular flexibility index (Phi) is 6.56. The SMILES string of the molecule is COc1ccc(CN[C@H](C)c2cccc3ccccc23)cc1-c1ccc(OC(F)(F)F)cc1. The molecule has 6 heteroatoms. The maximum Gasteiger partial charge on any atom is 0.573 e. The van der Waals surface area contributed by atoms with E-state index in [1.54, 1.807) is 19.2 Å². The Bertz CT molecular complexity index is 1230. The van der Waals surface area contributed by atoms with Gasteiger partial charge < -0.3 is 14.8 Å². The fourth-order valence-electron chi connectivity index (χ4n) is 3.94. The summed E-state index contributed by atoms with van der Waals surface area (Å²) in [5.74, 6) is 0.386. The summed E-state index contributed by atoms with van der Waals surface area (Å²) in [7, 11) is 1.57. The van der Waals surface area contributed by atoms with Gasteiger partial charge in [0.05, 0.1) is 7.11 Å². The minimum atomic E-state index is -4.72. The highest BCUT2D eigenvalue weighted by molar-refractivity contribution is 5.86. The average molecular weight is 451 g/mol. The lowest BCUT2D eigenvalue weighted by atomic mass is 9.99.